The number of halogens is 1. The van der Waals surface area contributed by atoms with Crippen LogP contribution in [0.15, 0.2) is 52.9 Å². The van der Waals surface area contributed by atoms with Gasteiger partial charge in [-0.3, -0.25) is 9.13 Å². The summed E-state index contributed by atoms with van der Waals surface area (Å²) >= 11 is 7.61. The van der Waals surface area contributed by atoms with Crippen molar-refractivity contribution in [2.75, 3.05) is 0 Å². The molecule has 33 heavy (non-hydrogen) atoms. The van der Waals surface area contributed by atoms with Gasteiger partial charge >= 0.3 is 5.69 Å². The molecule has 1 saturated carbocycles. The van der Waals surface area contributed by atoms with Gasteiger partial charge in [0.25, 0.3) is 0 Å². The zero-order chi connectivity index (χ0) is 22.5. The lowest BCUT2D eigenvalue weighted by molar-refractivity contribution is 0.256. The van der Waals surface area contributed by atoms with Gasteiger partial charge in [0.05, 0.1) is 29.5 Å². The number of thiazole rings is 1. The summed E-state index contributed by atoms with van der Waals surface area (Å²) in [5.74, 6) is 0.466. The van der Waals surface area contributed by atoms with Crippen molar-refractivity contribution in [1.82, 2.24) is 24.1 Å². The second kappa shape index (κ2) is 8.15. The molecule has 168 valence electrons. The largest absolute Gasteiger partial charge is 0.346 e. The van der Waals surface area contributed by atoms with E-state index in [0.29, 0.717) is 17.5 Å². The van der Waals surface area contributed by atoms with E-state index in [-0.39, 0.29) is 11.7 Å². The van der Waals surface area contributed by atoms with Crippen molar-refractivity contribution in [3.63, 3.8) is 0 Å². The molecule has 0 radical (unpaired) electrons. The van der Waals surface area contributed by atoms with E-state index in [9.17, 15) is 4.79 Å². The number of nitrogens with one attached hydrogen (secondary N) is 1. The van der Waals surface area contributed by atoms with E-state index < -0.39 is 0 Å². The van der Waals surface area contributed by atoms with Crippen molar-refractivity contribution < 1.29 is 0 Å². The minimum absolute atomic E-state index is 0.0280. The molecule has 1 N–H and O–H groups in total. The van der Waals surface area contributed by atoms with Crippen molar-refractivity contribution in [3.05, 3.63) is 69.3 Å². The maximum absolute atomic E-state index is 13.9. The third-order valence-corrected chi connectivity index (χ3v) is 8.06. The molecule has 0 saturated heterocycles. The minimum Gasteiger partial charge on any atom is -0.346 e. The Morgan fingerprint density at radius 3 is 2.82 bits per heavy atom. The summed E-state index contributed by atoms with van der Waals surface area (Å²) in [5.41, 5.74) is 4.59. The molecule has 0 amide bonds. The number of hydrogen-bond donors (Lipinski definition) is 1. The van der Waals surface area contributed by atoms with Crippen molar-refractivity contribution in [1.29, 1.82) is 0 Å². The van der Waals surface area contributed by atoms with Gasteiger partial charge in [0.1, 0.15) is 10.7 Å². The summed E-state index contributed by atoms with van der Waals surface area (Å²) in [6.45, 7) is 2.69. The van der Waals surface area contributed by atoms with Crippen molar-refractivity contribution in [2.24, 2.45) is 5.92 Å². The molecular formula is C25H24ClN5OS. The van der Waals surface area contributed by atoms with E-state index in [1.165, 1.54) is 6.42 Å². The van der Waals surface area contributed by atoms with Gasteiger partial charge in [-0.1, -0.05) is 43.5 Å². The van der Waals surface area contributed by atoms with Crippen molar-refractivity contribution in [2.45, 2.75) is 45.2 Å². The number of hydrogen-bond acceptors (Lipinski definition) is 4. The molecule has 1 aromatic carbocycles. The third-order valence-electron chi connectivity index (χ3n) is 6.87. The Labute approximate surface area is 199 Å². The second-order valence-electron chi connectivity index (χ2n) is 8.95. The van der Waals surface area contributed by atoms with Crippen LogP contribution in [0.25, 0.3) is 32.6 Å². The van der Waals surface area contributed by atoms with Gasteiger partial charge < -0.3 is 4.98 Å². The molecule has 4 heterocycles. The Kier molecular flexibility index (Phi) is 5.11. The SMILES string of the molecule is C[C@@H]1CCCCC1n1c(=O)n(Cc2csc(-c3ccc(Cl)cc3)n2)c2cnc3[nH]ccc3c21. The Bertz CT molecular complexity index is 1510. The molecule has 6 nitrogen and oxygen atoms in total. The van der Waals surface area contributed by atoms with Crippen LogP contribution in [0.4, 0.5) is 0 Å². The van der Waals surface area contributed by atoms with Crippen LogP contribution >= 0.6 is 22.9 Å². The molecule has 1 aliphatic rings. The number of aromatic nitrogens is 5. The van der Waals surface area contributed by atoms with Gasteiger partial charge in [-0.2, -0.15) is 0 Å². The first-order valence-electron chi connectivity index (χ1n) is 11.4. The molecule has 0 aliphatic heterocycles. The fourth-order valence-corrected chi connectivity index (χ4v) is 6.11. The maximum Gasteiger partial charge on any atom is 0.329 e. The van der Waals surface area contributed by atoms with Gasteiger partial charge in [0.2, 0.25) is 0 Å². The highest BCUT2D eigenvalue weighted by atomic mass is 35.5. The molecule has 0 bridgehead atoms. The Morgan fingerprint density at radius 1 is 1.18 bits per heavy atom. The average molecular weight is 478 g/mol. The number of rotatable bonds is 4. The van der Waals surface area contributed by atoms with E-state index in [2.05, 4.69) is 16.9 Å². The summed E-state index contributed by atoms with van der Waals surface area (Å²) in [6, 6.07) is 9.92. The normalized spacial score (nSPS) is 19.0. The number of benzene rings is 1. The first-order valence-corrected chi connectivity index (χ1v) is 12.6. The van der Waals surface area contributed by atoms with Gasteiger partial charge in [0.15, 0.2) is 0 Å². The van der Waals surface area contributed by atoms with E-state index in [0.717, 1.165) is 57.6 Å². The fourth-order valence-electron chi connectivity index (χ4n) is 5.17. The van der Waals surface area contributed by atoms with Crippen LogP contribution in [0.1, 0.15) is 44.3 Å². The predicted octanol–water partition coefficient (Wildman–Crippen LogP) is 6.26. The molecule has 8 heteroatoms. The highest BCUT2D eigenvalue weighted by molar-refractivity contribution is 7.13. The first-order chi connectivity index (χ1) is 16.1. The third kappa shape index (κ3) is 3.50. The summed E-state index contributed by atoms with van der Waals surface area (Å²) in [5, 5.41) is 4.66. The smallest absolute Gasteiger partial charge is 0.329 e. The van der Waals surface area contributed by atoms with Crippen LogP contribution < -0.4 is 5.69 Å². The number of nitrogens with zero attached hydrogens (tertiary/aromatic N) is 4. The van der Waals surface area contributed by atoms with Crippen molar-refractivity contribution in [3.8, 4) is 10.6 Å². The quantitative estimate of drug-likeness (QED) is 0.332. The highest BCUT2D eigenvalue weighted by Gasteiger charge is 2.29. The lowest BCUT2D eigenvalue weighted by atomic mass is 9.85. The second-order valence-corrected chi connectivity index (χ2v) is 10.2. The lowest BCUT2D eigenvalue weighted by Gasteiger charge is -2.29. The van der Waals surface area contributed by atoms with Crippen LogP contribution in [0, 0.1) is 5.92 Å². The van der Waals surface area contributed by atoms with E-state index >= 15 is 0 Å². The summed E-state index contributed by atoms with van der Waals surface area (Å²) in [7, 11) is 0. The molecule has 2 atom stereocenters. The number of imidazole rings is 1. The molecule has 0 spiro atoms. The number of H-pyrrole nitrogens is 1. The van der Waals surface area contributed by atoms with E-state index in [1.807, 2.05) is 57.2 Å². The van der Waals surface area contributed by atoms with Crippen LogP contribution in [-0.4, -0.2) is 24.1 Å². The van der Waals surface area contributed by atoms with Crippen molar-refractivity contribution >= 4 is 45.0 Å². The zero-order valence-corrected chi connectivity index (χ0v) is 19.9. The molecule has 1 aliphatic carbocycles. The van der Waals surface area contributed by atoms with Crippen LogP contribution in [-0.2, 0) is 6.54 Å². The van der Waals surface area contributed by atoms with Crippen LogP contribution in [0.5, 0.6) is 0 Å². The van der Waals surface area contributed by atoms with Gasteiger partial charge in [0, 0.05) is 33.6 Å². The maximum atomic E-state index is 13.9. The fraction of sp³-hybridized carbons (Fsp3) is 0.320. The summed E-state index contributed by atoms with van der Waals surface area (Å²) < 4.78 is 3.89. The zero-order valence-electron chi connectivity index (χ0n) is 18.3. The minimum atomic E-state index is 0.0280. The van der Waals surface area contributed by atoms with Gasteiger partial charge in [-0.05, 0) is 37.0 Å². The van der Waals surface area contributed by atoms with E-state index in [1.54, 1.807) is 11.3 Å². The van der Waals surface area contributed by atoms with Gasteiger partial charge in [-0.25, -0.2) is 14.8 Å². The summed E-state index contributed by atoms with van der Waals surface area (Å²) in [6.07, 6.45) is 8.30. The Morgan fingerprint density at radius 2 is 2.00 bits per heavy atom. The average Bonchev–Trinajstić information content (AvgIpc) is 3.54. The number of aromatic amines is 1. The Hall–Kier alpha value is -2.90. The molecule has 6 rings (SSSR count). The molecule has 5 aromatic rings. The van der Waals surface area contributed by atoms with Crippen LogP contribution in [0.2, 0.25) is 5.02 Å². The molecule has 1 fully saturated rings. The van der Waals surface area contributed by atoms with Crippen LogP contribution in [0.3, 0.4) is 0 Å². The predicted molar refractivity (Wildman–Crippen MR) is 134 cm³/mol. The first kappa shape index (κ1) is 20.7. The van der Waals surface area contributed by atoms with E-state index in [4.69, 9.17) is 16.6 Å². The monoisotopic (exact) mass is 477 g/mol. The number of fused-ring (bicyclic) bond motifs is 3. The molecular weight excluding hydrogens is 454 g/mol. The lowest BCUT2D eigenvalue weighted by Crippen LogP contribution is -2.32. The summed E-state index contributed by atoms with van der Waals surface area (Å²) in [4.78, 5) is 26.5. The van der Waals surface area contributed by atoms with Gasteiger partial charge in [-0.15, -0.1) is 11.3 Å². The molecule has 4 aromatic heterocycles. The standard InChI is InChI=1S/C25H24ClN5OS/c1-15-4-2-3-5-20(15)31-22-19-10-11-27-23(19)28-12-21(22)30(25(31)32)13-18-14-33-24(29-18)16-6-8-17(26)9-7-16/h6-12,14-15,20H,2-5,13H2,1H3,(H,27,28)/t15-,20?/m1/s1. The number of pyridine rings is 1. The molecule has 1 unspecified atom stereocenters. The Balaban J connectivity index is 1.47. The topological polar surface area (TPSA) is 68.5 Å². The highest BCUT2D eigenvalue weighted by Crippen LogP contribution is 2.36.